The molecule has 0 aliphatic rings. The summed E-state index contributed by atoms with van der Waals surface area (Å²) in [5, 5.41) is 5.63. The van der Waals surface area contributed by atoms with Crippen LogP contribution in [-0.4, -0.2) is 43.4 Å². The molecule has 1 heterocycles. The van der Waals surface area contributed by atoms with E-state index in [1.165, 1.54) is 7.11 Å². The predicted molar refractivity (Wildman–Crippen MR) is 51.0 cm³/mol. The quantitative estimate of drug-likeness (QED) is 0.511. The highest BCUT2D eigenvalue weighted by molar-refractivity contribution is 7.86. The van der Waals surface area contributed by atoms with Gasteiger partial charge in [0.05, 0.1) is 7.11 Å². The maximum absolute atomic E-state index is 12.8. The first kappa shape index (κ1) is 13.5. The van der Waals surface area contributed by atoms with Crippen LogP contribution in [0.4, 0.5) is 3.89 Å². The average molecular weight is 267 g/mol. The highest BCUT2D eigenvalue weighted by atomic mass is 32.3. The van der Waals surface area contributed by atoms with Gasteiger partial charge >= 0.3 is 16.2 Å². The third kappa shape index (κ3) is 3.20. The van der Waals surface area contributed by atoms with Gasteiger partial charge in [0.15, 0.2) is 5.82 Å². The van der Waals surface area contributed by atoms with Gasteiger partial charge in [0.2, 0.25) is 0 Å². The number of ether oxygens (including phenoxy) is 2. The molecule has 1 rings (SSSR count). The summed E-state index contributed by atoms with van der Waals surface area (Å²) in [4.78, 5) is 11.1. The molecule has 0 aliphatic heterocycles. The molecule has 0 spiro atoms. The minimum atomic E-state index is -5.06. The summed E-state index contributed by atoms with van der Waals surface area (Å²) >= 11 is 0. The van der Waals surface area contributed by atoms with Crippen LogP contribution in [0.25, 0.3) is 0 Å². The van der Waals surface area contributed by atoms with Gasteiger partial charge in [-0.25, -0.2) is 0 Å². The van der Waals surface area contributed by atoms with Crippen molar-refractivity contribution in [3.63, 3.8) is 0 Å². The van der Waals surface area contributed by atoms with Crippen molar-refractivity contribution >= 4 is 16.2 Å². The lowest BCUT2D eigenvalue weighted by Gasteiger charge is -2.06. The molecule has 0 bridgehead atoms. The van der Waals surface area contributed by atoms with E-state index in [0.29, 0.717) is 0 Å². The van der Waals surface area contributed by atoms with Crippen LogP contribution in [0.2, 0.25) is 0 Å². The van der Waals surface area contributed by atoms with E-state index in [1.54, 1.807) is 0 Å². The summed E-state index contributed by atoms with van der Waals surface area (Å²) in [6, 6.07) is 0. The number of carbonyl (C=O) groups excluding carboxylic acids is 1. The van der Waals surface area contributed by atoms with Crippen LogP contribution >= 0.6 is 0 Å². The maximum Gasteiger partial charge on any atom is 0.368 e. The highest BCUT2D eigenvalue weighted by Crippen LogP contribution is 2.12. The van der Waals surface area contributed by atoms with Gasteiger partial charge in [0.1, 0.15) is 13.2 Å². The Kier molecular flexibility index (Phi) is 4.12. The molecule has 0 radical (unpaired) electrons. The lowest BCUT2D eigenvalue weighted by atomic mass is 10.5. The molecule has 0 fully saturated rings. The third-order valence-corrected chi connectivity index (χ3v) is 2.54. The Morgan fingerprint density at radius 3 is 2.53 bits per heavy atom. The van der Waals surface area contributed by atoms with E-state index in [0.717, 1.165) is 11.7 Å². The van der Waals surface area contributed by atoms with Gasteiger partial charge in [0.25, 0.3) is 5.16 Å². The van der Waals surface area contributed by atoms with E-state index in [1.807, 2.05) is 0 Å². The standard InChI is InChI=1S/C7H10FN3O5S/c1-15-4-5-9-10-7(17(8,13)14)11(5)3-6(12)16-2/h3-4H2,1-2H3. The lowest BCUT2D eigenvalue weighted by molar-refractivity contribution is -0.141. The van der Waals surface area contributed by atoms with Gasteiger partial charge in [-0.15, -0.1) is 10.2 Å². The molecule has 8 nitrogen and oxygen atoms in total. The fourth-order valence-electron chi connectivity index (χ4n) is 1.09. The van der Waals surface area contributed by atoms with Crippen molar-refractivity contribution < 1.29 is 26.6 Å². The summed E-state index contributed by atoms with van der Waals surface area (Å²) in [6.45, 7) is -0.625. The first-order chi connectivity index (χ1) is 7.90. The number of esters is 1. The summed E-state index contributed by atoms with van der Waals surface area (Å²) < 4.78 is 44.2. The van der Waals surface area contributed by atoms with E-state index in [-0.39, 0.29) is 12.4 Å². The molecule has 17 heavy (non-hydrogen) atoms. The minimum Gasteiger partial charge on any atom is -0.468 e. The van der Waals surface area contributed by atoms with Crippen LogP contribution in [0.15, 0.2) is 5.16 Å². The number of aromatic nitrogens is 3. The Labute approximate surface area is 96.6 Å². The lowest BCUT2D eigenvalue weighted by Crippen LogP contribution is -2.18. The third-order valence-electron chi connectivity index (χ3n) is 1.80. The monoisotopic (exact) mass is 267 g/mol. The summed E-state index contributed by atoms with van der Waals surface area (Å²) in [5.74, 6) is -0.749. The van der Waals surface area contributed by atoms with Crippen LogP contribution in [-0.2, 0) is 37.6 Å². The number of hydrogen-bond donors (Lipinski definition) is 0. The second-order valence-electron chi connectivity index (χ2n) is 2.93. The van der Waals surface area contributed by atoms with Crippen LogP contribution in [0, 0.1) is 0 Å². The maximum atomic E-state index is 12.8. The normalized spacial score (nSPS) is 11.5. The van der Waals surface area contributed by atoms with Crippen LogP contribution in [0.1, 0.15) is 5.82 Å². The molecule has 0 N–H and O–H groups in total. The Bertz CT molecular complexity index is 512. The Hall–Kier alpha value is -1.55. The van der Waals surface area contributed by atoms with E-state index in [4.69, 9.17) is 4.74 Å². The number of carbonyl (C=O) groups is 1. The minimum absolute atomic E-state index is 0.00845. The molecular weight excluding hydrogens is 257 g/mol. The second-order valence-corrected chi connectivity index (χ2v) is 4.17. The first-order valence-corrected chi connectivity index (χ1v) is 5.71. The van der Waals surface area contributed by atoms with Gasteiger partial charge in [-0.2, -0.15) is 8.42 Å². The molecule has 1 aromatic rings. The summed E-state index contributed by atoms with van der Waals surface area (Å²) in [5.41, 5.74) is 0. The van der Waals surface area contributed by atoms with Crippen molar-refractivity contribution in [1.29, 1.82) is 0 Å². The number of hydrogen-bond acceptors (Lipinski definition) is 7. The van der Waals surface area contributed by atoms with Gasteiger partial charge in [-0.05, 0) is 0 Å². The van der Waals surface area contributed by atoms with E-state index < -0.39 is 27.9 Å². The van der Waals surface area contributed by atoms with Crippen molar-refractivity contribution in [2.45, 2.75) is 18.3 Å². The molecule has 0 aromatic carbocycles. The van der Waals surface area contributed by atoms with Gasteiger partial charge in [-0.3, -0.25) is 9.36 Å². The largest absolute Gasteiger partial charge is 0.468 e. The van der Waals surface area contributed by atoms with E-state index >= 15 is 0 Å². The second kappa shape index (κ2) is 5.19. The first-order valence-electron chi connectivity index (χ1n) is 4.32. The van der Waals surface area contributed by atoms with Crippen molar-refractivity contribution in [2.24, 2.45) is 0 Å². The number of halogens is 1. The molecule has 0 saturated carbocycles. The van der Waals surface area contributed by atoms with Crippen molar-refractivity contribution in [2.75, 3.05) is 14.2 Å². The highest BCUT2D eigenvalue weighted by Gasteiger charge is 2.25. The van der Waals surface area contributed by atoms with Crippen LogP contribution < -0.4 is 0 Å². The van der Waals surface area contributed by atoms with Gasteiger partial charge in [0, 0.05) is 7.11 Å². The SMILES string of the molecule is COCc1nnc(S(=O)(=O)F)n1CC(=O)OC. The molecule has 10 heteroatoms. The fourth-order valence-corrected chi connectivity index (χ4v) is 1.66. The zero-order valence-electron chi connectivity index (χ0n) is 9.08. The topological polar surface area (TPSA) is 100 Å². The molecular formula is C7H10FN3O5S. The van der Waals surface area contributed by atoms with Crippen molar-refractivity contribution in [3.8, 4) is 0 Å². The Balaban J connectivity index is 3.19. The summed E-state index contributed by atoms with van der Waals surface area (Å²) in [7, 11) is -2.61. The smallest absolute Gasteiger partial charge is 0.368 e. The van der Waals surface area contributed by atoms with Crippen LogP contribution in [0.3, 0.4) is 0 Å². The molecule has 0 saturated heterocycles. The molecule has 0 aliphatic carbocycles. The molecule has 0 unspecified atom stereocenters. The van der Waals surface area contributed by atoms with Crippen molar-refractivity contribution in [3.05, 3.63) is 5.82 Å². The van der Waals surface area contributed by atoms with E-state index in [2.05, 4.69) is 14.9 Å². The molecule has 0 amide bonds. The van der Waals surface area contributed by atoms with Crippen molar-refractivity contribution in [1.82, 2.24) is 14.8 Å². The molecule has 96 valence electrons. The molecule has 0 atom stereocenters. The molecule has 1 aromatic heterocycles. The predicted octanol–water partition coefficient (Wildman–Crippen LogP) is -0.744. The Morgan fingerprint density at radius 1 is 1.41 bits per heavy atom. The summed E-state index contributed by atoms with van der Waals surface area (Å²) in [6.07, 6.45) is 0. The van der Waals surface area contributed by atoms with E-state index in [9.17, 15) is 17.1 Å². The fraction of sp³-hybridized carbons (Fsp3) is 0.571. The number of nitrogens with zero attached hydrogens (tertiary/aromatic N) is 3. The van der Waals surface area contributed by atoms with Crippen LogP contribution in [0.5, 0.6) is 0 Å². The zero-order valence-corrected chi connectivity index (χ0v) is 9.90. The number of rotatable bonds is 5. The average Bonchev–Trinajstić information content (AvgIpc) is 2.61. The zero-order chi connectivity index (χ0) is 13.1. The Morgan fingerprint density at radius 2 is 2.06 bits per heavy atom. The number of methoxy groups -OCH3 is 2. The van der Waals surface area contributed by atoms with Gasteiger partial charge in [-0.1, -0.05) is 3.89 Å². The van der Waals surface area contributed by atoms with Gasteiger partial charge < -0.3 is 9.47 Å².